The molecule has 1 aromatic heterocycles. The maximum Gasteiger partial charge on any atom is 0.239 e. The number of halogens is 1. The van der Waals surface area contributed by atoms with Crippen LogP contribution in [0.4, 0.5) is 11.8 Å². The van der Waals surface area contributed by atoms with Crippen LogP contribution < -0.4 is 16.6 Å². The summed E-state index contributed by atoms with van der Waals surface area (Å²) < 4.78 is 5.42. The second kappa shape index (κ2) is 7.26. The Kier molecular flexibility index (Phi) is 5.96. The molecule has 4 N–H and O–H groups in total. The van der Waals surface area contributed by atoms with Crippen LogP contribution >= 0.6 is 11.6 Å². The van der Waals surface area contributed by atoms with E-state index >= 15 is 0 Å². The van der Waals surface area contributed by atoms with E-state index in [0.29, 0.717) is 35.9 Å². The molecule has 1 rings (SSSR count). The summed E-state index contributed by atoms with van der Waals surface area (Å²) in [6.07, 6.45) is 1.49. The van der Waals surface area contributed by atoms with E-state index in [1.165, 1.54) is 6.20 Å². The van der Waals surface area contributed by atoms with Crippen molar-refractivity contribution in [1.82, 2.24) is 9.97 Å². The van der Waals surface area contributed by atoms with Gasteiger partial charge in [0.2, 0.25) is 5.95 Å². The predicted molar refractivity (Wildman–Crippen MR) is 69.0 cm³/mol. The number of nitrogens with two attached hydrogens (primary N) is 1. The Morgan fingerprint density at radius 2 is 2.29 bits per heavy atom. The molecule has 0 saturated carbocycles. The fourth-order valence-corrected chi connectivity index (χ4v) is 1.28. The van der Waals surface area contributed by atoms with Crippen molar-refractivity contribution in [2.45, 2.75) is 13.8 Å². The highest BCUT2D eigenvalue weighted by molar-refractivity contribution is 6.32. The van der Waals surface area contributed by atoms with Crippen LogP contribution in [0.1, 0.15) is 13.8 Å². The van der Waals surface area contributed by atoms with Crippen LogP contribution in [0.25, 0.3) is 0 Å². The van der Waals surface area contributed by atoms with Gasteiger partial charge in [0, 0.05) is 13.2 Å². The van der Waals surface area contributed by atoms with Crippen LogP contribution in [-0.2, 0) is 4.74 Å². The molecular weight excluding hydrogens is 242 g/mol. The Balaban J connectivity index is 2.35. The van der Waals surface area contributed by atoms with E-state index < -0.39 is 0 Å². The molecule has 0 spiro atoms. The standard InChI is InChI=1S/C10H18ClN5O/c1-7(2)6-17-4-3-13-9-8(11)5-14-10(15-9)16-12/h5,7H,3-4,6,12H2,1-2H3,(H2,13,14,15,16). The van der Waals surface area contributed by atoms with E-state index in [1.54, 1.807) is 0 Å². The zero-order valence-electron chi connectivity index (χ0n) is 10.0. The largest absolute Gasteiger partial charge is 0.379 e. The first-order valence-corrected chi connectivity index (χ1v) is 5.82. The molecule has 17 heavy (non-hydrogen) atoms. The van der Waals surface area contributed by atoms with Gasteiger partial charge in [0.05, 0.1) is 12.8 Å². The normalized spacial score (nSPS) is 10.6. The molecule has 0 aliphatic rings. The predicted octanol–water partition coefficient (Wildman–Crippen LogP) is 1.50. The van der Waals surface area contributed by atoms with Crippen molar-refractivity contribution in [3.63, 3.8) is 0 Å². The van der Waals surface area contributed by atoms with E-state index in [0.717, 1.165) is 6.61 Å². The number of nitrogens with zero attached hydrogens (tertiary/aromatic N) is 2. The highest BCUT2D eigenvalue weighted by Crippen LogP contribution is 2.18. The lowest BCUT2D eigenvalue weighted by atomic mass is 10.2. The molecule has 1 aromatic rings. The molecule has 0 bridgehead atoms. The lowest BCUT2D eigenvalue weighted by molar-refractivity contribution is 0.118. The zero-order valence-corrected chi connectivity index (χ0v) is 10.8. The minimum Gasteiger partial charge on any atom is -0.379 e. The molecule has 0 fully saturated rings. The summed E-state index contributed by atoms with van der Waals surface area (Å²) in [5.41, 5.74) is 2.36. The van der Waals surface area contributed by atoms with Gasteiger partial charge in [-0.15, -0.1) is 0 Å². The van der Waals surface area contributed by atoms with Gasteiger partial charge in [0.15, 0.2) is 5.82 Å². The Morgan fingerprint density at radius 3 is 2.94 bits per heavy atom. The number of hydrazine groups is 1. The van der Waals surface area contributed by atoms with Crippen LogP contribution in [0.5, 0.6) is 0 Å². The summed E-state index contributed by atoms with van der Waals surface area (Å²) in [4.78, 5) is 7.95. The SMILES string of the molecule is CC(C)COCCNc1nc(NN)ncc1Cl. The molecule has 0 aliphatic carbocycles. The van der Waals surface area contributed by atoms with Crippen molar-refractivity contribution in [2.75, 3.05) is 30.5 Å². The average Bonchev–Trinajstić information content (AvgIpc) is 2.30. The number of rotatable bonds is 7. The van der Waals surface area contributed by atoms with Crippen LogP contribution in [0.3, 0.4) is 0 Å². The fraction of sp³-hybridized carbons (Fsp3) is 0.600. The molecule has 0 atom stereocenters. The van der Waals surface area contributed by atoms with Crippen LogP contribution in [0.15, 0.2) is 6.20 Å². The second-order valence-electron chi connectivity index (χ2n) is 3.93. The Bertz CT molecular complexity index is 347. The summed E-state index contributed by atoms with van der Waals surface area (Å²) in [7, 11) is 0. The third-order valence-electron chi connectivity index (χ3n) is 1.86. The van der Waals surface area contributed by atoms with E-state index in [9.17, 15) is 0 Å². The summed E-state index contributed by atoms with van der Waals surface area (Å²) in [5.74, 6) is 6.60. The highest BCUT2D eigenvalue weighted by Gasteiger charge is 2.03. The van der Waals surface area contributed by atoms with Gasteiger partial charge in [0.1, 0.15) is 5.02 Å². The molecule has 0 amide bonds. The first-order chi connectivity index (χ1) is 8.13. The van der Waals surface area contributed by atoms with Gasteiger partial charge in [-0.05, 0) is 5.92 Å². The van der Waals surface area contributed by atoms with E-state index in [-0.39, 0.29) is 0 Å². The number of hydrogen-bond acceptors (Lipinski definition) is 6. The van der Waals surface area contributed by atoms with Gasteiger partial charge in [0.25, 0.3) is 0 Å². The van der Waals surface area contributed by atoms with Crippen molar-refractivity contribution < 1.29 is 4.74 Å². The summed E-state index contributed by atoms with van der Waals surface area (Å²) in [5, 5.41) is 3.51. The van der Waals surface area contributed by atoms with Gasteiger partial charge in [-0.2, -0.15) is 4.98 Å². The lowest BCUT2D eigenvalue weighted by Crippen LogP contribution is -2.15. The first kappa shape index (κ1) is 14.0. The summed E-state index contributed by atoms with van der Waals surface area (Å²) >= 11 is 5.92. The lowest BCUT2D eigenvalue weighted by Gasteiger charge is -2.10. The topological polar surface area (TPSA) is 85.1 Å². The molecule has 0 saturated heterocycles. The van der Waals surface area contributed by atoms with Crippen molar-refractivity contribution >= 4 is 23.4 Å². The van der Waals surface area contributed by atoms with Gasteiger partial charge in [-0.1, -0.05) is 25.4 Å². The quantitative estimate of drug-likeness (QED) is 0.391. The molecule has 7 heteroatoms. The van der Waals surface area contributed by atoms with Crippen LogP contribution in [0.2, 0.25) is 5.02 Å². The van der Waals surface area contributed by atoms with Crippen molar-refractivity contribution in [1.29, 1.82) is 0 Å². The van der Waals surface area contributed by atoms with E-state index in [1.807, 2.05) is 0 Å². The number of aromatic nitrogens is 2. The van der Waals surface area contributed by atoms with E-state index in [2.05, 4.69) is 34.6 Å². The molecule has 96 valence electrons. The average molecular weight is 260 g/mol. The Labute approximate surface area is 106 Å². The molecule has 1 heterocycles. The summed E-state index contributed by atoms with van der Waals surface area (Å²) in [6, 6.07) is 0. The second-order valence-corrected chi connectivity index (χ2v) is 4.34. The highest BCUT2D eigenvalue weighted by atomic mass is 35.5. The molecule has 0 aliphatic heterocycles. The van der Waals surface area contributed by atoms with E-state index in [4.69, 9.17) is 22.2 Å². The van der Waals surface area contributed by atoms with Gasteiger partial charge in [-0.25, -0.2) is 10.8 Å². The van der Waals surface area contributed by atoms with Crippen molar-refractivity contribution in [2.24, 2.45) is 11.8 Å². The Morgan fingerprint density at radius 1 is 1.53 bits per heavy atom. The molecular formula is C10H18ClN5O. The minimum atomic E-state index is 0.319. The number of anilines is 2. The third-order valence-corrected chi connectivity index (χ3v) is 2.14. The van der Waals surface area contributed by atoms with Crippen LogP contribution in [-0.4, -0.2) is 29.7 Å². The Hall–Kier alpha value is -1.11. The van der Waals surface area contributed by atoms with Crippen LogP contribution in [0, 0.1) is 5.92 Å². The number of hydrogen-bond donors (Lipinski definition) is 3. The smallest absolute Gasteiger partial charge is 0.239 e. The first-order valence-electron chi connectivity index (χ1n) is 5.44. The zero-order chi connectivity index (χ0) is 12.7. The molecule has 6 nitrogen and oxygen atoms in total. The molecule has 0 radical (unpaired) electrons. The summed E-state index contributed by atoms with van der Waals surface area (Å²) in [6.45, 7) is 6.19. The number of ether oxygens (including phenoxy) is 1. The minimum absolute atomic E-state index is 0.319. The fourth-order valence-electron chi connectivity index (χ4n) is 1.12. The van der Waals surface area contributed by atoms with Crippen molar-refractivity contribution in [3.8, 4) is 0 Å². The third kappa shape index (κ3) is 5.16. The maximum absolute atomic E-state index is 5.92. The number of nitrogens with one attached hydrogen (secondary N) is 2. The number of nitrogen functional groups attached to an aromatic ring is 1. The van der Waals surface area contributed by atoms with Gasteiger partial charge >= 0.3 is 0 Å². The van der Waals surface area contributed by atoms with Crippen molar-refractivity contribution in [3.05, 3.63) is 11.2 Å². The maximum atomic E-state index is 5.92. The molecule has 0 aromatic carbocycles. The molecule has 0 unspecified atom stereocenters. The van der Waals surface area contributed by atoms with Gasteiger partial charge in [-0.3, -0.25) is 5.43 Å². The van der Waals surface area contributed by atoms with Gasteiger partial charge < -0.3 is 10.1 Å². The monoisotopic (exact) mass is 259 g/mol.